The van der Waals surface area contributed by atoms with Gasteiger partial charge in [-0.2, -0.15) is 0 Å². The van der Waals surface area contributed by atoms with Crippen molar-refractivity contribution >= 4 is 11.7 Å². The Morgan fingerprint density at radius 1 is 1.14 bits per heavy atom. The number of benzene rings is 2. The highest BCUT2D eigenvalue weighted by molar-refractivity contribution is 5.80. The molecule has 0 spiro atoms. The van der Waals surface area contributed by atoms with Crippen LogP contribution in [0.25, 0.3) is 0 Å². The molecule has 4 heteroatoms. The molecule has 0 aliphatic rings. The zero-order valence-corrected chi connectivity index (χ0v) is 12.3. The van der Waals surface area contributed by atoms with E-state index in [9.17, 15) is 14.3 Å². The van der Waals surface area contributed by atoms with E-state index in [1.165, 1.54) is 12.1 Å². The molecule has 0 radical (unpaired) electrons. The molecule has 0 heterocycles. The van der Waals surface area contributed by atoms with Gasteiger partial charge in [-0.3, -0.25) is 0 Å². The molecule has 3 nitrogen and oxygen atoms in total. The Morgan fingerprint density at radius 3 is 2.29 bits per heavy atom. The Labute approximate surface area is 123 Å². The van der Waals surface area contributed by atoms with Crippen molar-refractivity contribution in [2.45, 2.75) is 26.8 Å². The first kappa shape index (κ1) is 15.0. The molecule has 0 saturated heterocycles. The van der Waals surface area contributed by atoms with E-state index in [2.05, 4.69) is 5.32 Å². The number of hydrogen-bond acceptors (Lipinski definition) is 2. The molecule has 0 fully saturated rings. The molecule has 0 bridgehead atoms. The van der Waals surface area contributed by atoms with Gasteiger partial charge in [0.15, 0.2) is 6.04 Å². The predicted molar refractivity (Wildman–Crippen MR) is 81.1 cm³/mol. The molecule has 0 saturated carbocycles. The van der Waals surface area contributed by atoms with Gasteiger partial charge >= 0.3 is 5.97 Å². The fourth-order valence-electron chi connectivity index (χ4n) is 2.65. The Kier molecular flexibility index (Phi) is 4.26. The molecule has 0 aliphatic heterocycles. The van der Waals surface area contributed by atoms with Gasteiger partial charge in [0.05, 0.1) is 0 Å². The number of aliphatic carboxylic acids is 1. The van der Waals surface area contributed by atoms with Crippen LogP contribution < -0.4 is 5.32 Å². The maximum atomic E-state index is 13.2. The lowest BCUT2D eigenvalue weighted by molar-refractivity contribution is -0.138. The largest absolute Gasteiger partial charge is 0.479 e. The Bertz CT molecular complexity index is 659. The van der Waals surface area contributed by atoms with E-state index in [1.54, 1.807) is 12.1 Å². The number of nitrogens with one attached hydrogen (secondary N) is 1. The van der Waals surface area contributed by atoms with Crippen molar-refractivity contribution in [2.24, 2.45) is 0 Å². The third-order valence-electron chi connectivity index (χ3n) is 3.41. The van der Waals surface area contributed by atoms with Crippen molar-refractivity contribution < 1.29 is 14.3 Å². The summed E-state index contributed by atoms with van der Waals surface area (Å²) in [4.78, 5) is 11.6. The number of carboxylic acid groups (broad SMARTS) is 1. The third-order valence-corrected chi connectivity index (χ3v) is 3.41. The second kappa shape index (κ2) is 5.95. The van der Waals surface area contributed by atoms with Gasteiger partial charge in [0, 0.05) is 5.69 Å². The smallest absolute Gasteiger partial charge is 0.330 e. The Morgan fingerprint density at radius 2 is 1.76 bits per heavy atom. The lowest BCUT2D eigenvalue weighted by atomic mass is 9.94. The topological polar surface area (TPSA) is 49.3 Å². The fourth-order valence-corrected chi connectivity index (χ4v) is 2.65. The second-order valence-corrected chi connectivity index (χ2v) is 5.24. The van der Waals surface area contributed by atoms with E-state index >= 15 is 0 Å². The van der Waals surface area contributed by atoms with Crippen LogP contribution in [0.1, 0.15) is 28.3 Å². The molecule has 1 unspecified atom stereocenters. The Hall–Kier alpha value is -2.36. The molecule has 2 aromatic carbocycles. The normalized spacial score (nSPS) is 12.0. The second-order valence-electron chi connectivity index (χ2n) is 5.24. The van der Waals surface area contributed by atoms with Gasteiger partial charge in [-0.05, 0) is 55.7 Å². The van der Waals surface area contributed by atoms with E-state index in [1.807, 2.05) is 32.9 Å². The van der Waals surface area contributed by atoms with E-state index in [4.69, 9.17) is 0 Å². The fraction of sp³-hybridized carbons (Fsp3) is 0.235. The van der Waals surface area contributed by atoms with Gasteiger partial charge in [0.1, 0.15) is 5.82 Å². The van der Waals surface area contributed by atoms with Crippen molar-refractivity contribution in [3.8, 4) is 0 Å². The average Bonchev–Trinajstić information content (AvgIpc) is 2.36. The van der Waals surface area contributed by atoms with E-state index in [0.717, 1.165) is 22.3 Å². The van der Waals surface area contributed by atoms with Gasteiger partial charge in [0.25, 0.3) is 0 Å². The minimum Gasteiger partial charge on any atom is -0.479 e. The van der Waals surface area contributed by atoms with E-state index in [-0.39, 0.29) is 0 Å². The molecule has 0 aromatic heterocycles. The van der Waals surface area contributed by atoms with Gasteiger partial charge < -0.3 is 10.4 Å². The summed E-state index contributed by atoms with van der Waals surface area (Å²) in [7, 11) is 0. The highest BCUT2D eigenvalue weighted by atomic mass is 19.1. The molecule has 1 atom stereocenters. The molecular weight excluding hydrogens is 269 g/mol. The lowest BCUT2D eigenvalue weighted by Crippen LogP contribution is -2.22. The first-order valence-electron chi connectivity index (χ1n) is 6.71. The molecule has 21 heavy (non-hydrogen) atoms. The zero-order valence-electron chi connectivity index (χ0n) is 12.3. The van der Waals surface area contributed by atoms with Crippen molar-refractivity contribution in [3.05, 3.63) is 64.5 Å². The number of carbonyl (C=O) groups is 1. The maximum Gasteiger partial charge on any atom is 0.330 e. The van der Waals surface area contributed by atoms with Crippen molar-refractivity contribution in [2.75, 3.05) is 5.32 Å². The SMILES string of the molecule is Cc1cc(C)c(C(Nc2cccc(F)c2)C(=O)O)c(C)c1. The van der Waals surface area contributed by atoms with Gasteiger partial charge in [-0.1, -0.05) is 23.8 Å². The average molecular weight is 287 g/mol. The summed E-state index contributed by atoms with van der Waals surface area (Å²) in [5, 5.41) is 12.4. The molecule has 0 aliphatic carbocycles. The molecule has 2 N–H and O–H groups in total. The summed E-state index contributed by atoms with van der Waals surface area (Å²) in [5.74, 6) is -1.39. The van der Waals surface area contributed by atoms with Gasteiger partial charge in [-0.25, -0.2) is 9.18 Å². The van der Waals surface area contributed by atoms with Crippen LogP contribution in [-0.2, 0) is 4.79 Å². The first-order valence-corrected chi connectivity index (χ1v) is 6.71. The summed E-state index contributed by atoms with van der Waals surface area (Å²) < 4.78 is 13.2. The number of anilines is 1. The number of rotatable bonds is 4. The molecular formula is C17H18FNO2. The minimum atomic E-state index is -0.991. The maximum absolute atomic E-state index is 13.2. The van der Waals surface area contributed by atoms with Crippen LogP contribution in [0.5, 0.6) is 0 Å². The highest BCUT2D eigenvalue weighted by Gasteiger charge is 2.23. The summed E-state index contributed by atoms with van der Waals surface area (Å²) >= 11 is 0. The van der Waals surface area contributed by atoms with Crippen molar-refractivity contribution in [1.29, 1.82) is 0 Å². The minimum absolute atomic E-state index is 0.401. The van der Waals surface area contributed by atoms with E-state index < -0.39 is 17.8 Å². The first-order chi connectivity index (χ1) is 9.88. The predicted octanol–water partition coefficient (Wildman–Crippen LogP) is 3.99. The van der Waals surface area contributed by atoms with Crippen molar-refractivity contribution in [3.63, 3.8) is 0 Å². The summed E-state index contributed by atoms with van der Waals surface area (Å²) in [6.07, 6.45) is 0. The van der Waals surface area contributed by atoms with Crippen molar-refractivity contribution in [1.82, 2.24) is 0 Å². The van der Waals surface area contributed by atoms with Crippen LogP contribution in [0.3, 0.4) is 0 Å². The molecule has 2 rings (SSSR count). The van der Waals surface area contributed by atoms with Crippen LogP contribution in [0.15, 0.2) is 36.4 Å². The highest BCUT2D eigenvalue weighted by Crippen LogP contribution is 2.27. The molecule has 110 valence electrons. The number of aryl methyl sites for hydroxylation is 3. The van der Waals surface area contributed by atoms with Gasteiger partial charge in [0.2, 0.25) is 0 Å². The standard InChI is InChI=1S/C17H18FNO2/c1-10-7-11(2)15(12(3)8-10)16(17(20)21)19-14-6-4-5-13(18)9-14/h4-9,16,19H,1-3H3,(H,20,21). The summed E-state index contributed by atoms with van der Waals surface area (Å²) in [6, 6.07) is 8.80. The number of halogens is 1. The monoisotopic (exact) mass is 287 g/mol. The summed E-state index contributed by atoms with van der Waals surface area (Å²) in [6.45, 7) is 5.75. The number of carboxylic acids is 1. The molecule has 0 amide bonds. The lowest BCUT2D eigenvalue weighted by Gasteiger charge is -2.21. The zero-order chi connectivity index (χ0) is 15.6. The quantitative estimate of drug-likeness (QED) is 0.894. The number of hydrogen-bond donors (Lipinski definition) is 2. The summed E-state index contributed by atoms with van der Waals surface area (Å²) in [5.41, 5.74) is 4.07. The van der Waals surface area contributed by atoms with Crippen LogP contribution >= 0.6 is 0 Å². The van der Waals surface area contributed by atoms with Crippen LogP contribution in [0.4, 0.5) is 10.1 Å². The third kappa shape index (κ3) is 3.40. The Balaban J connectivity index is 2.43. The van der Waals surface area contributed by atoms with Crippen LogP contribution in [-0.4, -0.2) is 11.1 Å². The van der Waals surface area contributed by atoms with Crippen LogP contribution in [0.2, 0.25) is 0 Å². The van der Waals surface area contributed by atoms with Gasteiger partial charge in [-0.15, -0.1) is 0 Å². The molecule has 2 aromatic rings. The van der Waals surface area contributed by atoms with Crippen LogP contribution in [0, 0.1) is 26.6 Å². The van der Waals surface area contributed by atoms with E-state index in [0.29, 0.717) is 5.69 Å².